The van der Waals surface area contributed by atoms with Crippen molar-refractivity contribution in [3.05, 3.63) is 29.8 Å². The van der Waals surface area contributed by atoms with E-state index in [0.29, 0.717) is 12.2 Å². The fourth-order valence-corrected chi connectivity index (χ4v) is 0.930. The molecule has 0 bridgehead atoms. The van der Waals surface area contributed by atoms with Crippen LogP contribution in [0.4, 0.5) is 10.5 Å². The van der Waals surface area contributed by atoms with E-state index in [1.165, 1.54) is 0 Å². The van der Waals surface area contributed by atoms with Gasteiger partial charge in [-0.2, -0.15) is 0 Å². The number of amides is 1. The second-order valence-electron chi connectivity index (χ2n) is 2.27. The van der Waals surface area contributed by atoms with Gasteiger partial charge in [0.1, 0.15) is 0 Å². The standard InChI is InChI=1S/C8H9N2O2/c9-5-6-3-1-2-4-7(6)10-8(11)12/h1-4,10H,5,9H2. The molecule has 0 aliphatic carbocycles. The van der Waals surface area contributed by atoms with E-state index < -0.39 is 6.09 Å². The fraction of sp³-hybridized carbons (Fsp3) is 0.125. The van der Waals surface area contributed by atoms with Gasteiger partial charge >= 0.3 is 6.09 Å². The first-order valence-corrected chi connectivity index (χ1v) is 3.50. The normalized spacial score (nSPS) is 9.42. The maximum atomic E-state index is 10.2. The topological polar surface area (TPSA) is 75.0 Å². The lowest BCUT2D eigenvalue weighted by molar-refractivity contribution is 0.185. The van der Waals surface area contributed by atoms with Crippen LogP contribution < -0.4 is 11.1 Å². The molecule has 1 radical (unpaired) electrons. The highest BCUT2D eigenvalue weighted by Gasteiger charge is 2.03. The molecule has 4 heteroatoms. The van der Waals surface area contributed by atoms with Gasteiger partial charge in [0.2, 0.25) is 0 Å². The van der Waals surface area contributed by atoms with Gasteiger partial charge in [0.15, 0.2) is 0 Å². The Morgan fingerprint density at radius 1 is 1.42 bits per heavy atom. The number of anilines is 1. The monoisotopic (exact) mass is 165 g/mol. The summed E-state index contributed by atoms with van der Waals surface area (Å²) in [4.78, 5) is 10.2. The maximum absolute atomic E-state index is 10.2. The summed E-state index contributed by atoms with van der Waals surface area (Å²) in [6, 6.07) is 6.91. The Morgan fingerprint density at radius 3 is 2.67 bits per heavy atom. The second kappa shape index (κ2) is 3.73. The summed E-state index contributed by atoms with van der Waals surface area (Å²) in [5.41, 5.74) is 6.61. The molecule has 0 fully saturated rings. The first kappa shape index (κ1) is 8.55. The van der Waals surface area contributed by atoms with E-state index in [0.717, 1.165) is 5.56 Å². The van der Waals surface area contributed by atoms with Crippen molar-refractivity contribution in [1.29, 1.82) is 0 Å². The zero-order valence-electron chi connectivity index (χ0n) is 6.41. The number of hydrogen-bond donors (Lipinski definition) is 2. The molecule has 1 amide bonds. The average molecular weight is 165 g/mol. The molecule has 1 rings (SSSR count). The van der Waals surface area contributed by atoms with E-state index in [9.17, 15) is 9.90 Å². The molecule has 0 unspecified atom stereocenters. The minimum atomic E-state index is -1.32. The Morgan fingerprint density at radius 2 is 2.08 bits per heavy atom. The highest BCUT2D eigenvalue weighted by Crippen LogP contribution is 2.13. The largest absolute Gasteiger partial charge is 0.454 e. The predicted octanol–water partition coefficient (Wildman–Crippen LogP) is 1.11. The van der Waals surface area contributed by atoms with E-state index in [1.54, 1.807) is 24.3 Å². The van der Waals surface area contributed by atoms with E-state index in [-0.39, 0.29) is 0 Å². The molecule has 3 N–H and O–H groups in total. The summed E-state index contributed by atoms with van der Waals surface area (Å²) in [6.45, 7) is 0.302. The average Bonchev–Trinajstić information content (AvgIpc) is 2.04. The Kier molecular flexibility index (Phi) is 2.66. The molecule has 0 saturated heterocycles. The third-order valence-electron chi connectivity index (χ3n) is 1.47. The summed E-state index contributed by atoms with van der Waals surface area (Å²) < 4.78 is 0. The number of rotatable bonds is 2. The first-order chi connectivity index (χ1) is 5.74. The van der Waals surface area contributed by atoms with Crippen LogP contribution >= 0.6 is 0 Å². The molecular weight excluding hydrogens is 156 g/mol. The molecule has 0 heterocycles. The van der Waals surface area contributed by atoms with Gasteiger partial charge in [0.25, 0.3) is 0 Å². The van der Waals surface area contributed by atoms with Crippen molar-refractivity contribution >= 4 is 11.8 Å². The van der Waals surface area contributed by atoms with Gasteiger partial charge in [-0.3, -0.25) is 5.32 Å². The molecule has 0 aliphatic heterocycles. The van der Waals surface area contributed by atoms with Gasteiger partial charge in [-0.1, -0.05) is 18.2 Å². The quantitative estimate of drug-likeness (QED) is 0.688. The van der Waals surface area contributed by atoms with Gasteiger partial charge < -0.3 is 5.73 Å². The van der Waals surface area contributed by atoms with Gasteiger partial charge in [-0.15, -0.1) is 0 Å². The van der Waals surface area contributed by atoms with Crippen LogP contribution in [0.25, 0.3) is 0 Å². The van der Waals surface area contributed by atoms with E-state index in [4.69, 9.17) is 5.73 Å². The van der Waals surface area contributed by atoms with Gasteiger partial charge in [0, 0.05) is 12.2 Å². The van der Waals surface area contributed by atoms with Crippen molar-refractivity contribution < 1.29 is 9.90 Å². The van der Waals surface area contributed by atoms with Crippen LogP contribution in [0.15, 0.2) is 24.3 Å². The summed E-state index contributed by atoms with van der Waals surface area (Å²) in [7, 11) is 0. The number of para-hydroxylation sites is 1. The Hall–Kier alpha value is -1.55. The molecule has 12 heavy (non-hydrogen) atoms. The number of carbonyl (C=O) groups excluding carboxylic acids is 1. The second-order valence-corrected chi connectivity index (χ2v) is 2.27. The summed E-state index contributed by atoms with van der Waals surface area (Å²) >= 11 is 0. The number of hydrogen-bond acceptors (Lipinski definition) is 2. The highest BCUT2D eigenvalue weighted by atomic mass is 16.4. The van der Waals surface area contributed by atoms with E-state index >= 15 is 0 Å². The van der Waals surface area contributed by atoms with Crippen molar-refractivity contribution in [3.63, 3.8) is 0 Å². The van der Waals surface area contributed by atoms with Crippen LogP contribution in [0.2, 0.25) is 0 Å². The first-order valence-electron chi connectivity index (χ1n) is 3.50. The smallest absolute Gasteiger partial charge is 0.326 e. The Bertz CT molecular complexity index is 286. The SMILES string of the molecule is NCc1ccccc1NC([O])=O. The lowest BCUT2D eigenvalue weighted by Crippen LogP contribution is -2.09. The van der Waals surface area contributed by atoms with Crippen molar-refractivity contribution in [2.45, 2.75) is 6.54 Å². The van der Waals surface area contributed by atoms with Gasteiger partial charge in [-0.25, -0.2) is 9.90 Å². The predicted molar refractivity (Wildman–Crippen MR) is 44.0 cm³/mol. The highest BCUT2D eigenvalue weighted by molar-refractivity contribution is 5.83. The van der Waals surface area contributed by atoms with Crippen molar-refractivity contribution in [2.75, 3.05) is 5.32 Å². The molecule has 0 aromatic heterocycles. The van der Waals surface area contributed by atoms with E-state index in [1.807, 2.05) is 0 Å². The molecule has 4 nitrogen and oxygen atoms in total. The minimum Gasteiger partial charge on any atom is -0.326 e. The maximum Gasteiger partial charge on any atom is 0.454 e. The fourth-order valence-electron chi connectivity index (χ4n) is 0.930. The lowest BCUT2D eigenvalue weighted by atomic mass is 10.2. The van der Waals surface area contributed by atoms with Crippen LogP contribution in [0, 0.1) is 0 Å². The molecule has 1 aromatic rings. The number of nitrogens with one attached hydrogen (secondary N) is 1. The number of benzene rings is 1. The molecule has 63 valence electrons. The lowest BCUT2D eigenvalue weighted by Gasteiger charge is -2.04. The third kappa shape index (κ3) is 1.96. The van der Waals surface area contributed by atoms with Crippen molar-refractivity contribution in [1.82, 2.24) is 0 Å². The molecular formula is C8H9N2O2. The molecule has 0 spiro atoms. The van der Waals surface area contributed by atoms with Gasteiger partial charge in [-0.05, 0) is 11.6 Å². The van der Waals surface area contributed by atoms with Crippen LogP contribution in [0.1, 0.15) is 5.56 Å². The Labute approximate surface area is 70.0 Å². The summed E-state index contributed by atoms with van der Waals surface area (Å²) in [6.07, 6.45) is -1.32. The number of carbonyl (C=O) groups is 1. The summed E-state index contributed by atoms with van der Waals surface area (Å²) in [5.74, 6) is 0. The van der Waals surface area contributed by atoms with Crippen LogP contribution in [-0.4, -0.2) is 6.09 Å². The molecule has 0 aliphatic rings. The minimum absolute atomic E-state index is 0.302. The zero-order valence-corrected chi connectivity index (χ0v) is 6.41. The van der Waals surface area contributed by atoms with Gasteiger partial charge in [0.05, 0.1) is 0 Å². The summed E-state index contributed by atoms with van der Waals surface area (Å²) in [5, 5.41) is 12.3. The Balaban J connectivity index is 2.89. The van der Waals surface area contributed by atoms with Crippen molar-refractivity contribution in [3.8, 4) is 0 Å². The van der Waals surface area contributed by atoms with E-state index in [2.05, 4.69) is 5.32 Å². The molecule has 0 atom stereocenters. The molecule has 1 aromatic carbocycles. The van der Waals surface area contributed by atoms with Crippen molar-refractivity contribution in [2.24, 2.45) is 5.73 Å². The zero-order chi connectivity index (χ0) is 8.97. The molecule has 0 saturated carbocycles. The van der Waals surface area contributed by atoms with Crippen LogP contribution in [0.3, 0.4) is 0 Å². The van der Waals surface area contributed by atoms with Crippen LogP contribution in [-0.2, 0) is 11.7 Å². The van der Waals surface area contributed by atoms with Crippen LogP contribution in [0.5, 0.6) is 0 Å². The number of nitrogens with two attached hydrogens (primary N) is 1. The third-order valence-corrected chi connectivity index (χ3v) is 1.47.